The van der Waals surface area contributed by atoms with E-state index in [0.29, 0.717) is 13.0 Å². The lowest BCUT2D eigenvalue weighted by Crippen LogP contribution is -2.43. The van der Waals surface area contributed by atoms with E-state index in [0.717, 1.165) is 22.1 Å². The molecule has 1 aliphatic heterocycles. The molecule has 3 unspecified atom stereocenters. The van der Waals surface area contributed by atoms with Gasteiger partial charge in [0.15, 0.2) is 20.2 Å². The van der Waals surface area contributed by atoms with Gasteiger partial charge in [-0.3, -0.25) is 4.98 Å². The molecular formula is C33H42N2O5Si. The van der Waals surface area contributed by atoms with Gasteiger partial charge in [0.2, 0.25) is 0 Å². The molecule has 1 aliphatic rings. The number of esters is 1. The zero-order valence-electron chi connectivity index (χ0n) is 25.4. The van der Waals surface area contributed by atoms with Crippen molar-refractivity contribution >= 4 is 36.1 Å². The summed E-state index contributed by atoms with van der Waals surface area (Å²) < 4.78 is 26.9. The monoisotopic (exact) mass is 574 g/mol. The maximum absolute atomic E-state index is 12.8. The first kappa shape index (κ1) is 29.4. The Morgan fingerprint density at radius 1 is 1.02 bits per heavy atom. The van der Waals surface area contributed by atoms with Crippen LogP contribution in [0.4, 0.5) is 0 Å². The van der Waals surface area contributed by atoms with Gasteiger partial charge in [-0.05, 0) is 49.7 Å². The number of aromatic nitrogens is 2. The third-order valence-electron chi connectivity index (χ3n) is 8.50. The number of benzene rings is 2. The number of para-hydroxylation sites is 1. The molecule has 2 aromatic heterocycles. The Hall–Kier alpha value is -3.04. The van der Waals surface area contributed by atoms with E-state index in [1.807, 2.05) is 26.1 Å². The molecule has 5 rings (SSSR count). The Bertz CT molecular complexity index is 1540. The van der Waals surface area contributed by atoms with Gasteiger partial charge in [0.1, 0.15) is 6.10 Å². The maximum Gasteiger partial charge on any atom is 0.337 e. The lowest BCUT2D eigenvalue weighted by molar-refractivity contribution is -0.168. The van der Waals surface area contributed by atoms with Gasteiger partial charge in [0, 0.05) is 35.5 Å². The molecule has 7 nitrogen and oxygen atoms in total. The molecule has 0 radical (unpaired) electrons. The topological polar surface area (TPSA) is 71.8 Å². The van der Waals surface area contributed by atoms with Crippen molar-refractivity contribution in [1.29, 1.82) is 0 Å². The summed E-state index contributed by atoms with van der Waals surface area (Å²) in [7, 11) is -0.919. The van der Waals surface area contributed by atoms with Crippen molar-refractivity contribution in [1.82, 2.24) is 9.55 Å². The second kappa shape index (κ2) is 11.0. The minimum atomic E-state index is -2.30. The number of rotatable bonds is 8. The van der Waals surface area contributed by atoms with Crippen LogP contribution in [-0.2, 0) is 30.0 Å². The van der Waals surface area contributed by atoms with Gasteiger partial charge in [-0.1, -0.05) is 69.3 Å². The molecule has 1 fully saturated rings. The van der Waals surface area contributed by atoms with Crippen LogP contribution in [0.3, 0.4) is 0 Å². The molecule has 8 heteroatoms. The highest BCUT2D eigenvalue weighted by molar-refractivity contribution is 6.74. The summed E-state index contributed by atoms with van der Waals surface area (Å²) in [5, 5.41) is 2.25. The van der Waals surface area contributed by atoms with Crippen molar-refractivity contribution < 1.29 is 23.4 Å². The molecule has 41 heavy (non-hydrogen) atoms. The van der Waals surface area contributed by atoms with Gasteiger partial charge in [-0.25, -0.2) is 4.79 Å². The van der Waals surface area contributed by atoms with Crippen molar-refractivity contribution in [2.75, 3.05) is 7.11 Å². The number of carbonyl (C=O) groups excluding carboxylic acids is 1. The van der Waals surface area contributed by atoms with E-state index in [1.165, 1.54) is 18.1 Å². The molecular weight excluding hydrogens is 532 g/mol. The number of methoxy groups -OCH3 is 1. The fraction of sp³-hybridized carbons (Fsp3) is 0.455. The number of nitrogens with zero attached hydrogens (tertiary/aromatic N) is 2. The summed E-state index contributed by atoms with van der Waals surface area (Å²) in [4.78, 5) is 17.8. The predicted octanol–water partition coefficient (Wildman–Crippen LogP) is 7.38. The van der Waals surface area contributed by atoms with Crippen molar-refractivity contribution in [3.8, 4) is 0 Å². The number of ether oxygens (including phenoxy) is 3. The van der Waals surface area contributed by atoms with Crippen molar-refractivity contribution in [2.45, 2.75) is 89.8 Å². The molecule has 218 valence electrons. The highest BCUT2D eigenvalue weighted by atomic mass is 28.4. The second-order valence-electron chi connectivity index (χ2n) is 12.9. The van der Waals surface area contributed by atoms with Crippen LogP contribution in [-0.4, -0.2) is 48.9 Å². The molecule has 0 aliphatic carbocycles. The van der Waals surface area contributed by atoms with Crippen LogP contribution in [0.2, 0.25) is 18.1 Å². The molecule has 0 spiro atoms. The Kier molecular flexibility index (Phi) is 7.89. The largest absolute Gasteiger partial charge is 0.467 e. The quantitative estimate of drug-likeness (QED) is 0.161. The molecule has 0 saturated carbocycles. The SMILES string of the molecule is COC(=O)C1OC(C)(C)OC1CC(O[Si](C)(C)C(C)(C)C)c1nccc2c3ccccc3n(Cc3ccccc3)c12. The van der Waals surface area contributed by atoms with E-state index in [-0.39, 0.29) is 5.04 Å². The third-order valence-corrected chi connectivity index (χ3v) is 13.0. The molecule has 3 heterocycles. The Labute approximate surface area is 243 Å². The van der Waals surface area contributed by atoms with Crippen LogP contribution in [0.15, 0.2) is 66.9 Å². The van der Waals surface area contributed by atoms with E-state index < -0.39 is 38.4 Å². The van der Waals surface area contributed by atoms with E-state index in [9.17, 15) is 4.79 Å². The zero-order valence-corrected chi connectivity index (χ0v) is 26.4. The van der Waals surface area contributed by atoms with Crippen LogP contribution in [0, 0.1) is 0 Å². The Morgan fingerprint density at radius 3 is 2.39 bits per heavy atom. The normalized spacial score (nSPS) is 20.0. The van der Waals surface area contributed by atoms with Crippen LogP contribution in [0.5, 0.6) is 0 Å². The van der Waals surface area contributed by atoms with Gasteiger partial charge in [-0.2, -0.15) is 0 Å². The van der Waals surface area contributed by atoms with Gasteiger partial charge in [0.05, 0.1) is 24.4 Å². The van der Waals surface area contributed by atoms with Crippen LogP contribution in [0.25, 0.3) is 21.8 Å². The summed E-state index contributed by atoms with van der Waals surface area (Å²) in [5.41, 5.74) is 4.22. The number of pyridine rings is 1. The lowest BCUT2D eigenvalue weighted by Gasteiger charge is -2.40. The van der Waals surface area contributed by atoms with Crippen LogP contribution < -0.4 is 0 Å². The van der Waals surface area contributed by atoms with Gasteiger partial charge in [-0.15, -0.1) is 0 Å². The fourth-order valence-corrected chi connectivity index (χ4v) is 6.75. The highest BCUT2D eigenvalue weighted by Gasteiger charge is 2.48. The number of fused-ring (bicyclic) bond motifs is 3. The third kappa shape index (κ3) is 5.84. The maximum atomic E-state index is 12.8. The van der Waals surface area contributed by atoms with E-state index in [1.54, 1.807) is 0 Å². The first-order valence-electron chi connectivity index (χ1n) is 14.3. The lowest BCUT2D eigenvalue weighted by atomic mass is 10.0. The van der Waals surface area contributed by atoms with Gasteiger partial charge in [0.25, 0.3) is 0 Å². The summed E-state index contributed by atoms with van der Waals surface area (Å²) in [6.45, 7) is 15.5. The average molecular weight is 575 g/mol. The Balaban J connectivity index is 1.69. The summed E-state index contributed by atoms with van der Waals surface area (Å²) in [5.74, 6) is -1.37. The van der Waals surface area contributed by atoms with Crippen molar-refractivity contribution in [2.24, 2.45) is 0 Å². The summed E-state index contributed by atoms with van der Waals surface area (Å²) in [6.07, 6.45) is 0.417. The molecule has 0 amide bonds. The molecule has 4 aromatic rings. The van der Waals surface area contributed by atoms with Crippen molar-refractivity contribution in [3.05, 3.63) is 78.1 Å². The van der Waals surface area contributed by atoms with E-state index in [4.69, 9.17) is 23.6 Å². The Morgan fingerprint density at radius 2 is 1.71 bits per heavy atom. The van der Waals surface area contributed by atoms with E-state index in [2.05, 4.69) is 93.0 Å². The van der Waals surface area contributed by atoms with Gasteiger partial charge < -0.3 is 23.2 Å². The number of hydrogen-bond acceptors (Lipinski definition) is 6. The first-order valence-corrected chi connectivity index (χ1v) is 17.2. The second-order valence-corrected chi connectivity index (χ2v) is 17.7. The minimum Gasteiger partial charge on any atom is -0.467 e. The molecule has 2 aromatic carbocycles. The average Bonchev–Trinajstić information content (AvgIpc) is 3.41. The van der Waals surface area contributed by atoms with Crippen LogP contribution >= 0.6 is 0 Å². The molecule has 1 saturated heterocycles. The zero-order chi connectivity index (χ0) is 29.6. The van der Waals surface area contributed by atoms with Gasteiger partial charge >= 0.3 is 5.97 Å². The molecule has 0 bridgehead atoms. The summed E-state index contributed by atoms with van der Waals surface area (Å²) in [6, 6.07) is 21.0. The molecule has 0 N–H and O–H groups in total. The predicted molar refractivity (Wildman–Crippen MR) is 164 cm³/mol. The van der Waals surface area contributed by atoms with Crippen molar-refractivity contribution in [3.63, 3.8) is 0 Å². The first-order chi connectivity index (χ1) is 19.3. The summed E-state index contributed by atoms with van der Waals surface area (Å²) >= 11 is 0. The molecule has 3 atom stereocenters. The van der Waals surface area contributed by atoms with E-state index >= 15 is 0 Å². The highest BCUT2D eigenvalue weighted by Crippen LogP contribution is 2.44. The number of hydrogen-bond donors (Lipinski definition) is 0. The number of carbonyl (C=O) groups is 1. The smallest absolute Gasteiger partial charge is 0.337 e. The standard InChI is InChI=1S/C33H42N2O5Si/c1-32(2,3)41(7,8)40-26(20-27-30(31(36)37-6)39-33(4,5)38-27)28-29-24(18-19-34-28)23-16-12-13-17-25(23)35(29)21-22-14-10-9-11-15-22/h9-19,26-27,30H,20-21H2,1-8H3. The minimum absolute atomic E-state index is 0.0378. The van der Waals surface area contributed by atoms with Crippen LogP contribution in [0.1, 0.15) is 58.4 Å². The fourth-order valence-electron chi connectivity index (χ4n) is 5.48.